The van der Waals surface area contributed by atoms with Gasteiger partial charge in [0.2, 0.25) is 0 Å². The van der Waals surface area contributed by atoms with Crippen LogP contribution in [0.15, 0.2) is 24.3 Å². The average molecular weight is 294 g/mol. The summed E-state index contributed by atoms with van der Waals surface area (Å²) in [7, 11) is 0. The van der Waals surface area contributed by atoms with E-state index in [1.165, 1.54) is 28.0 Å². The molecule has 0 aliphatic carbocycles. The molecule has 21 heavy (non-hydrogen) atoms. The fourth-order valence-electron chi connectivity index (χ4n) is 2.83. The standard InChI is InChI=1S/C14H15FN2O4/c15-10-2-1-3-11(8-10)17-9-14(21-13(17)20)4-6-16(7-5-14)12(18)19/h1-3,8H,4-7,9H2,(H,18,19). The summed E-state index contributed by atoms with van der Waals surface area (Å²) >= 11 is 0. The molecule has 0 aromatic heterocycles. The zero-order valence-corrected chi connectivity index (χ0v) is 11.3. The van der Waals surface area contributed by atoms with Gasteiger partial charge >= 0.3 is 12.2 Å². The Labute approximate surface area is 120 Å². The van der Waals surface area contributed by atoms with Gasteiger partial charge in [-0.3, -0.25) is 4.90 Å². The van der Waals surface area contributed by atoms with Crippen molar-refractivity contribution in [2.24, 2.45) is 0 Å². The third kappa shape index (κ3) is 2.51. The van der Waals surface area contributed by atoms with Crippen LogP contribution in [0.3, 0.4) is 0 Å². The molecule has 2 saturated heterocycles. The largest absolute Gasteiger partial charge is 0.465 e. The van der Waals surface area contributed by atoms with Crippen LogP contribution in [0.2, 0.25) is 0 Å². The minimum atomic E-state index is -0.962. The summed E-state index contributed by atoms with van der Waals surface area (Å²) in [5.41, 5.74) is -0.215. The number of piperidine rings is 1. The highest BCUT2D eigenvalue weighted by molar-refractivity contribution is 5.90. The predicted molar refractivity (Wildman–Crippen MR) is 71.8 cm³/mol. The maximum atomic E-state index is 13.3. The summed E-state index contributed by atoms with van der Waals surface area (Å²) in [6.07, 6.45) is -0.561. The first-order valence-electron chi connectivity index (χ1n) is 6.73. The molecule has 2 fully saturated rings. The highest BCUT2D eigenvalue weighted by Gasteiger charge is 2.48. The molecule has 7 heteroatoms. The van der Waals surface area contributed by atoms with Gasteiger partial charge in [0.1, 0.15) is 11.4 Å². The second-order valence-corrected chi connectivity index (χ2v) is 5.39. The van der Waals surface area contributed by atoms with E-state index in [4.69, 9.17) is 9.84 Å². The first-order chi connectivity index (χ1) is 9.99. The second-order valence-electron chi connectivity index (χ2n) is 5.39. The van der Waals surface area contributed by atoms with Gasteiger partial charge in [-0.1, -0.05) is 6.07 Å². The Hall–Kier alpha value is -2.31. The number of hydrogen-bond donors (Lipinski definition) is 1. The minimum absolute atomic E-state index is 0.322. The van der Waals surface area contributed by atoms with Crippen molar-refractivity contribution < 1.29 is 23.8 Å². The molecule has 1 aromatic carbocycles. The molecule has 0 radical (unpaired) electrons. The molecule has 2 amide bonds. The number of carbonyl (C=O) groups is 2. The number of ether oxygens (including phenoxy) is 1. The zero-order chi connectivity index (χ0) is 15.0. The van der Waals surface area contributed by atoms with Gasteiger partial charge in [-0.25, -0.2) is 14.0 Å². The Morgan fingerprint density at radius 2 is 2.05 bits per heavy atom. The van der Waals surface area contributed by atoms with Crippen LogP contribution in [-0.4, -0.2) is 47.4 Å². The SMILES string of the molecule is O=C(O)N1CCC2(CC1)CN(c1cccc(F)c1)C(=O)O2. The maximum Gasteiger partial charge on any atom is 0.415 e. The highest BCUT2D eigenvalue weighted by atomic mass is 19.1. The van der Waals surface area contributed by atoms with Crippen LogP contribution >= 0.6 is 0 Å². The number of carbonyl (C=O) groups excluding carboxylic acids is 1. The Morgan fingerprint density at radius 3 is 2.67 bits per heavy atom. The molecule has 3 rings (SSSR count). The summed E-state index contributed by atoms with van der Waals surface area (Å²) in [5, 5.41) is 8.95. The van der Waals surface area contributed by atoms with Gasteiger partial charge in [0.05, 0.1) is 12.2 Å². The molecule has 6 nitrogen and oxygen atoms in total. The monoisotopic (exact) mass is 294 g/mol. The van der Waals surface area contributed by atoms with Crippen molar-refractivity contribution >= 4 is 17.9 Å². The molecular formula is C14H15FN2O4. The number of benzene rings is 1. The van der Waals surface area contributed by atoms with E-state index in [1.54, 1.807) is 6.07 Å². The van der Waals surface area contributed by atoms with Gasteiger partial charge in [-0.15, -0.1) is 0 Å². The predicted octanol–water partition coefficient (Wildman–Crippen LogP) is 2.29. The van der Waals surface area contributed by atoms with E-state index in [-0.39, 0.29) is 0 Å². The molecule has 0 atom stereocenters. The normalized spacial score (nSPS) is 20.7. The van der Waals surface area contributed by atoms with Crippen molar-refractivity contribution in [3.63, 3.8) is 0 Å². The first-order valence-corrected chi connectivity index (χ1v) is 6.73. The summed E-state index contributed by atoms with van der Waals surface area (Å²) < 4.78 is 18.7. The zero-order valence-electron chi connectivity index (χ0n) is 11.3. The van der Waals surface area contributed by atoms with E-state index >= 15 is 0 Å². The number of likely N-dealkylation sites (tertiary alicyclic amines) is 1. The lowest BCUT2D eigenvalue weighted by molar-refractivity contribution is 0.00453. The molecule has 1 aromatic rings. The van der Waals surface area contributed by atoms with Gasteiger partial charge < -0.3 is 14.7 Å². The van der Waals surface area contributed by atoms with Crippen molar-refractivity contribution in [2.45, 2.75) is 18.4 Å². The summed E-state index contributed by atoms with van der Waals surface area (Å²) in [4.78, 5) is 25.6. The lowest BCUT2D eigenvalue weighted by Gasteiger charge is -2.35. The van der Waals surface area contributed by atoms with Gasteiger partial charge in [-0.05, 0) is 18.2 Å². The second kappa shape index (κ2) is 4.91. The number of nitrogens with zero attached hydrogens (tertiary/aromatic N) is 2. The topological polar surface area (TPSA) is 70.1 Å². The van der Waals surface area contributed by atoms with Crippen molar-refractivity contribution in [1.82, 2.24) is 4.90 Å². The van der Waals surface area contributed by atoms with Crippen LogP contribution in [0.1, 0.15) is 12.8 Å². The molecule has 2 aliphatic rings. The number of rotatable bonds is 1. The molecule has 1 N–H and O–H groups in total. The fraction of sp³-hybridized carbons (Fsp3) is 0.429. The maximum absolute atomic E-state index is 13.3. The number of carboxylic acid groups (broad SMARTS) is 1. The quantitative estimate of drug-likeness (QED) is 0.862. The van der Waals surface area contributed by atoms with Crippen molar-refractivity contribution in [2.75, 3.05) is 24.5 Å². The fourth-order valence-corrected chi connectivity index (χ4v) is 2.83. The van der Waals surface area contributed by atoms with Gasteiger partial charge in [-0.2, -0.15) is 0 Å². The molecule has 112 valence electrons. The van der Waals surface area contributed by atoms with Crippen molar-refractivity contribution in [3.05, 3.63) is 30.1 Å². The van der Waals surface area contributed by atoms with Gasteiger partial charge in [0.15, 0.2) is 0 Å². The molecular weight excluding hydrogens is 279 g/mol. The van der Waals surface area contributed by atoms with Crippen LogP contribution < -0.4 is 4.90 Å². The first kappa shape index (κ1) is 13.7. The van der Waals surface area contributed by atoms with Crippen LogP contribution in [0, 0.1) is 5.82 Å². The molecule has 0 unspecified atom stereocenters. The third-order valence-electron chi connectivity index (χ3n) is 4.04. The van der Waals surface area contributed by atoms with Crippen LogP contribution in [0.5, 0.6) is 0 Å². The summed E-state index contributed by atoms with van der Waals surface area (Å²) in [6, 6.07) is 5.78. The molecule has 1 spiro atoms. The highest BCUT2D eigenvalue weighted by Crippen LogP contribution is 2.35. The van der Waals surface area contributed by atoms with Crippen LogP contribution in [0.25, 0.3) is 0 Å². The van der Waals surface area contributed by atoms with E-state index < -0.39 is 23.6 Å². The van der Waals surface area contributed by atoms with Crippen LogP contribution in [-0.2, 0) is 4.74 Å². The molecule has 0 saturated carbocycles. The minimum Gasteiger partial charge on any atom is -0.465 e. The molecule has 2 aliphatic heterocycles. The van der Waals surface area contributed by atoms with Crippen molar-refractivity contribution in [1.29, 1.82) is 0 Å². The Kier molecular flexibility index (Phi) is 3.19. The van der Waals surface area contributed by atoms with E-state index in [9.17, 15) is 14.0 Å². The molecule has 0 bridgehead atoms. The number of hydrogen-bond acceptors (Lipinski definition) is 3. The molecule has 2 heterocycles. The Bertz CT molecular complexity index is 584. The van der Waals surface area contributed by atoms with E-state index in [2.05, 4.69) is 0 Å². The smallest absolute Gasteiger partial charge is 0.415 e. The third-order valence-corrected chi connectivity index (χ3v) is 4.04. The number of anilines is 1. The Balaban J connectivity index is 1.75. The van der Waals surface area contributed by atoms with Gasteiger partial charge in [0.25, 0.3) is 0 Å². The lowest BCUT2D eigenvalue weighted by atomic mass is 9.91. The lowest BCUT2D eigenvalue weighted by Crippen LogP contribution is -2.48. The average Bonchev–Trinajstić information content (AvgIpc) is 2.76. The van der Waals surface area contributed by atoms with E-state index in [0.29, 0.717) is 38.2 Å². The number of halogens is 1. The number of amides is 2. The Morgan fingerprint density at radius 1 is 1.33 bits per heavy atom. The van der Waals surface area contributed by atoms with Crippen molar-refractivity contribution in [3.8, 4) is 0 Å². The van der Waals surface area contributed by atoms with E-state index in [1.807, 2.05) is 0 Å². The van der Waals surface area contributed by atoms with Gasteiger partial charge in [0, 0.05) is 25.9 Å². The summed E-state index contributed by atoms with van der Waals surface area (Å²) in [6.45, 7) is 0.988. The summed E-state index contributed by atoms with van der Waals surface area (Å²) in [5.74, 6) is -0.415. The van der Waals surface area contributed by atoms with Crippen LogP contribution in [0.4, 0.5) is 19.7 Å². The van der Waals surface area contributed by atoms with E-state index in [0.717, 1.165) is 0 Å².